The number of hydrogen-bond donors (Lipinski definition) is 1. The molecule has 1 aromatic heterocycles. The quantitative estimate of drug-likeness (QED) is 0.765. The summed E-state index contributed by atoms with van der Waals surface area (Å²) >= 11 is 5.71. The first-order valence-corrected chi connectivity index (χ1v) is 6.14. The van der Waals surface area contributed by atoms with Gasteiger partial charge in [-0.15, -0.1) is 0 Å². The average Bonchev–Trinajstić information content (AvgIpc) is 2.43. The molecule has 0 atom stereocenters. The van der Waals surface area contributed by atoms with Crippen molar-refractivity contribution in [1.29, 1.82) is 0 Å². The maximum Gasteiger partial charge on any atom is 0.144 e. The van der Waals surface area contributed by atoms with Crippen LogP contribution in [0.15, 0.2) is 42.7 Å². The molecule has 0 unspecified atom stereocenters. The van der Waals surface area contributed by atoms with Crippen molar-refractivity contribution < 1.29 is 8.78 Å². The largest absolute Gasteiger partial charge is 0.339 e. The van der Waals surface area contributed by atoms with Crippen LogP contribution in [0.25, 0.3) is 10.9 Å². The van der Waals surface area contributed by atoms with Crippen molar-refractivity contribution in [2.45, 2.75) is 0 Å². The molecule has 0 radical (unpaired) electrons. The molecule has 1 N–H and O–H groups in total. The summed E-state index contributed by atoms with van der Waals surface area (Å²) in [6.07, 6.45) is 1.33. The molecule has 0 saturated heterocycles. The highest BCUT2D eigenvalue weighted by molar-refractivity contribution is 6.31. The minimum absolute atomic E-state index is 0.0196. The Balaban J connectivity index is 2.08. The molecule has 0 aliphatic heterocycles. The lowest BCUT2D eigenvalue weighted by Crippen LogP contribution is -1.98. The van der Waals surface area contributed by atoms with E-state index in [1.54, 1.807) is 12.1 Å². The number of fused-ring (bicyclic) bond motifs is 1. The van der Waals surface area contributed by atoms with Gasteiger partial charge in [0.05, 0.1) is 15.9 Å². The highest BCUT2D eigenvalue weighted by Crippen LogP contribution is 2.27. The molecule has 0 aliphatic rings. The van der Waals surface area contributed by atoms with Crippen molar-refractivity contribution in [2.24, 2.45) is 0 Å². The molecular formula is C14H8ClF2N3. The Morgan fingerprint density at radius 3 is 2.65 bits per heavy atom. The third-order valence-electron chi connectivity index (χ3n) is 2.79. The number of nitrogens with one attached hydrogen (secondary N) is 1. The molecule has 20 heavy (non-hydrogen) atoms. The number of nitrogens with zero attached hydrogens (tertiary/aromatic N) is 2. The molecule has 0 fully saturated rings. The van der Waals surface area contributed by atoms with E-state index in [4.69, 9.17) is 11.6 Å². The van der Waals surface area contributed by atoms with Gasteiger partial charge in [-0.3, -0.25) is 0 Å². The van der Waals surface area contributed by atoms with Crippen molar-refractivity contribution >= 4 is 34.0 Å². The Hall–Kier alpha value is -2.27. The monoisotopic (exact) mass is 291 g/mol. The van der Waals surface area contributed by atoms with Gasteiger partial charge in [0.15, 0.2) is 0 Å². The Labute approximate surface area is 118 Å². The van der Waals surface area contributed by atoms with Gasteiger partial charge in [0.2, 0.25) is 0 Å². The number of rotatable bonds is 2. The van der Waals surface area contributed by atoms with Crippen LogP contribution in [-0.4, -0.2) is 9.97 Å². The number of anilines is 2. The summed E-state index contributed by atoms with van der Waals surface area (Å²) in [5.74, 6) is -0.648. The fraction of sp³-hybridized carbons (Fsp3) is 0. The fourth-order valence-corrected chi connectivity index (χ4v) is 2.05. The van der Waals surface area contributed by atoms with Gasteiger partial charge >= 0.3 is 0 Å². The van der Waals surface area contributed by atoms with Gasteiger partial charge in [-0.05, 0) is 30.3 Å². The summed E-state index contributed by atoms with van der Waals surface area (Å²) in [6.45, 7) is 0. The Morgan fingerprint density at radius 1 is 1.00 bits per heavy atom. The van der Waals surface area contributed by atoms with Crippen LogP contribution < -0.4 is 5.32 Å². The molecule has 2 aromatic carbocycles. The van der Waals surface area contributed by atoms with Gasteiger partial charge in [0.1, 0.15) is 23.8 Å². The second-order valence-electron chi connectivity index (χ2n) is 4.11. The summed E-state index contributed by atoms with van der Waals surface area (Å²) in [5.41, 5.74) is 0.996. The summed E-state index contributed by atoms with van der Waals surface area (Å²) in [7, 11) is 0. The highest BCUT2D eigenvalue weighted by atomic mass is 35.5. The molecule has 3 nitrogen and oxygen atoms in total. The maximum absolute atomic E-state index is 13.9. The lowest BCUT2D eigenvalue weighted by atomic mass is 10.2. The third-order valence-corrected chi connectivity index (χ3v) is 3.08. The molecule has 0 amide bonds. The van der Waals surface area contributed by atoms with Crippen LogP contribution in [0.3, 0.4) is 0 Å². The summed E-state index contributed by atoms with van der Waals surface area (Å²) in [6, 6.07) is 8.71. The second kappa shape index (κ2) is 5.02. The number of halogens is 3. The van der Waals surface area contributed by atoms with Crippen LogP contribution in [0.5, 0.6) is 0 Å². The maximum atomic E-state index is 13.9. The SMILES string of the molecule is Fc1ccc(Nc2ncnc3cccc(F)c23)cc1Cl. The molecule has 100 valence electrons. The van der Waals surface area contributed by atoms with Gasteiger partial charge in [0, 0.05) is 5.69 Å². The molecule has 0 bridgehead atoms. The molecular weight excluding hydrogens is 284 g/mol. The van der Waals surface area contributed by atoms with E-state index in [1.807, 2.05) is 0 Å². The van der Waals surface area contributed by atoms with Crippen molar-refractivity contribution in [1.82, 2.24) is 9.97 Å². The normalized spacial score (nSPS) is 10.8. The van der Waals surface area contributed by atoms with Gasteiger partial charge < -0.3 is 5.32 Å². The smallest absolute Gasteiger partial charge is 0.144 e. The van der Waals surface area contributed by atoms with Crippen LogP contribution in [0.2, 0.25) is 5.02 Å². The predicted octanol–water partition coefficient (Wildman–Crippen LogP) is 4.31. The molecule has 3 aromatic rings. The van der Waals surface area contributed by atoms with Crippen LogP contribution in [0.4, 0.5) is 20.3 Å². The van der Waals surface area contributed by atoms with Crippen molar-refractivity contribution in [3.63, 3.8) is 0 Å². The Kier molecular flexibility index (Phi) is 3.20. The van der Waals surface area contributed by atoms with E-state index in [9.17, 15) is 8.78 Å². The van der Waals surface area contributed by atoms with Gasteiger partial charge in [-0.25, -0.2) is 18.7 Å². The average molecular weight is 292 g/mol. The molecule has 3 rings (SSSR count). The zero-order valence-electron chi connectivity index (χ0n) is 10.1. The van der Waals surface area contributed by atoms with Crippen LogP contribution >= 0.6 is 11.6 Å². The van der Waals surface area contributed by atoms with Crippen molar-refractivity contribution in [2.75, 3.05) is 5.32 Å². The highest BCUT2D eigenvalue weighted by Gasteiger charge is 2.09. The molecule has 6 heteroatoms. The fourth-order valence-electron chi connectivity index (χ4n) is 1.87. The first-order chi connectivity index (χ1) is 9.65. The molecule has 0 aliphatic carbocycles. The predicted molar refractivity (Wildman–Crippen MR) is 74.2 cm³/mol. The van der Waals surface area contributed by atoms with E-state index in [0.717, 1.165) is 0 Å². The lowest BCUT2D eigenvalue weighted by molar-refractivity contribution is 0.628. The minimum atomic E-state index is -0.518. The van der Waals surface area contributed by atoms with Crippen LogP contribution in [0, 0.1) is 11.6 Å². The van der Waals surface area contributed by atoms with Gasteiger partial charge in [0.25, 0.3) is 0 Å². The first-order valence-electron chi connectivity index (χ1n) is 5.76. The zero-order valence-corrected chi connectivity index (χ0v) is 10.8. The second-order valence-corrected chi connectivity index (χ2v) is 4.52. The topological polar surface area (TPSA) is 37.8 Å². The molecule has 0 saturated carbocycles. The van der Waals surface area contributed by atoms with Crippen molar-refractivity contribution in [3.8, 4) is 0 Å². The number of hydrogen-bond acceptors (Lipinski definition) is 3. The van der Waals surface area contributed by atoms with Crippen molar-refractivity contribution in [3.05, 3.63) is 59.4 Å². The van der Waals surface area contributed by atoms with Crippen LogP contribution in [-0.2, 0) is 0 Å². The van der Waals surface area contributed by atoms with Gasteiger partial charge in [-0.1, -0.05) is 17.7 Å². The van der Waals surface area contributed by atoms with E-state index >= 15 is 0 Å². The number of benzene rings is 2. The zero-order chi connectivity index (χ0) is 14.1. The Morgan fingerprint density at radius 2 is 1.85 bits per heavy atom. The minimum Gasteiger partial charge on any atom is -0.339 e. The summed E-state index contributed by atoms with van der Waals surface area (Å²) in [5, 5.41) is 3.17. The van der Waals surface area contributed by atoms with E-state index in [-0.39, 0.29) is 10.4 Å². The van der Waals surface area contributed by atoms with E-state index in [1.165, 1.54) is 30.6 Å². The first kappa shape index (κ1) is 12.7. The lowest BCUT2D eigenvalue weighted by Gasteiger charge is -2.09. The number of aromatic nitrogens is 2. The van der Waals surface area contributed by atoms with Crippen LogP contribution in [0.1, 0.15) is 0 Å². The van der Waals surface area contributed by atoms with E-state index in [2.05, 4.69) is 15.3 Å². The molecule has 1 heterocycles. The summed E-state index contributed by atoms with van der Waals surface area (Å²) < 4.78 is 27.0. The molecule has 0 spiro atoms. The standard InChI is InChI=1S/C14H8ClF2N3/c15-9-6-8(4-5-10(9)16)20-14-13-11(17)2-1-3-12(13)18-7-19-14/h1-7H,(H,18,19,20). The summed E-state index contributed by atoms with van der Waals surface area (Å²) in [4.78, 5) is 8.01. The van der Waals surface area contributed by atoms with E-state index < -0.39 is 11.6 Å². The third kappa shape index (κ3) is 2.28. The Bertz CT molecular complexity index is 787. The van der Waals surface area contributed by atoms with E-state index in [0.29, 0.717) is 17.0 Å². The van der Waals surface area contributed by atoms with Gasteiger partial charge in [-0.2, -0.15) is 0 Å².